The van der Waals surface area contributed by atoms with Crippen LogP contribution in [-0.2, 0) is 67.4 Å². The summed E-state index contributed by atoms with van der Waals surface area (Å²) >= 11 is 1.01. The number of nitrogens with zero attached hydrogens (tertiary/aromatic N) is 3. The van der Waals surface area contributed by atoms with Gasteiger partial charge in [0.15, 0.2) is 23.3 Å². The number of para-hydroxylation sites is 3. The van der Waals surface area contributed by atoms with Crippen molar-refractivity contribution in [1.29, 1.82) is 0 Å². The molecule has 8 amide bonds. The second-order valence-electron chi connectivity index (χ2n) is 20.7. The smallest absolute Gasteiger partial charge is 0.412 e. The van der Waals surface area contributed by atoms with E-state index in [2.05, 4.69) is 21.3 Å². The highest BCUT2D eigenvalue weighted by Gasteiger charge is 2.57. The molecule has 2 fully saturated rings. The molecule has 8 rings (SSSR count). The van der Waals surface area contributed by atoms with Crippen LogP contribution in [0.5, 0.6) is 0 Å². The van der Waals surface area contributed by atoms with Crippen LogP contribution < -0.4 is 25.8 Å². The van der Waals surface area contributed by atoms with Gasteiger partial charge in [-0.2, -0.15) is 0 Å². The van der Waals surface area contributed by atoms with Crippen LogP contribution in [0.2, 0.25) is 0 Å². The second kappa shape index (κ2) is 26.5. The average molecular weight is 1180 g/mol. The number of ether oxygens (including phenoxy) is 6. The van der Waals surface area contributed by atoms with E-state index in [1.165, 1.54) is 31.3 Å². The maximum Gasteiger partial charge on any atom is 0.412 e. The maximum absolute atomic E-state index is 14.5. The number of rotatable bonds is 19. The number of hydrogen-bond donors (Lipinski definition) is 4. The van der Waals surface area contributed by atoms with Crippen LogP contribution in [0.1, 0.15) is 63.0 Å². The van der Waals surface area contributed by atoms with Crippen LogP contribution in [0.4, 0.5) is 31.4 Å². The van der Waals surface area contributed by atoms with E-state index >= 15 is 0 Å². The highest BCUT2D eigenvalue weighted by Crippen LogP contribution is 2.46. The van der Waals surface area contributed by atoms with Gasteiger partial charge in [-0.25, -0.2) is 33.4 Å². The molecule has 2 unspecified atom stereocenters. The molecular formula is C61H64N7O16S+. The molecule has 0 aromatic heterocycles. The monoisotopic (exact) mass is 1180 g/mol. The van der Waals surface area contributed by atoms with Gasteiger partial charge in [-0.05, 0) is 56.5 Å². The normalized spacial score (nSPS) is 19.1. The summed E-state index contributed by atoms with van der Waals surface area (Å²) < 4.78 is 33.1. The number of thioether (sulfide) groups is 1. The van der Waals surface area contributed by atoms with Gasteiger partial charge in [0.2, 0.25) is 5.91 Å². The van der Waals surface area contributed by atoms with E-state index in [-0.39, 0.29) is 53.5 Å². The van der Waals surface area contributed by atoms with Crippen molar-refractivity contribution in [3.63, 3.8) is 0 Å². The topological polar surface area (TPSA) is 281 Å². The van der Waals surface area contributed by atoms with Crippen molar-refractivity contribution in [3.8, 4) is 0 Å². The molecule has 3 aliphatic rings. The van der Waals surface area contributed by atoms with Crippen LogP contribution in [0.3, 0.4) is 0 Å². The Balaban J connectivity index is 0.976. The van der Waals surface area contributed by atoms with Crippen LogP contribution in [0, 0.1) is 0 Å². The molecule has 444 valence electrons. The number of carbonyl (C=O) groups is 10. The fourth-order valence-electron chi connectivity index (χ4n) is 10.2. The summed E-state index contributed by atoms with van der Waals surface area (Å²) in [5, 5.41) is 8.48. The lowest BCUT2D eigenvalue weighted by Gasteiger charge is -2.50. The number of methoxy groups -OCH3 is 2. The Labute approximate surface area is 493 Å². The number of fused-ring (bicyclic) bond motifs is 1. The molecule has 5 atom stereocenters. The molecule has 0 aliphatic carbocycles. The molecule has 4 N–H and O–H groups in total. The largest absolute Gasteiger partial charge is 0.468 e. The number of esters is 3. The molecule has 3 aliphatic heterocycles. The zero-order valence-corrected chi connectivity index (χ0v) is 48.4. The molecule has 5 aromatic carbocycles. The molecular weight excluding hydrogens is 1120 g/mol. The van der Waals surface area contributed by atoms with Gasteiger partial charge >= 0.3 is 47.9 Å². The van der Waals surface area contributed by atoms with E-state index in [1.54, 1.807) is 155 Å². The average Bonchev–Trinajstić information content (AvgIpc) is 0.911. The lowest BCUT2D eigenvalue weighted by Crippen LogP contribution is -2.69. The van der Waals surface area contributed by atoms with Crippen molar-refractivity contribution in [2.24, 2.45) is 0 Å². The lowest BCUT2D eigenvalue weighted by atomic mass is 9.74. The summed E-state index contributed by atoms with van der Waals surface area (Å²) in [4.78, 5) is 140. The van der Waals surface area contributed by atoms with Gasteiger partial charge in [-0.15, -0.1) is 11.8 Å². The SMILES string of the molecule is CC[N+]1(c2ccccc2NC(=O)OCC(C(=O)OC)(c2ccccc2)c2ccccc2NC(=O)OC(C)(C)C)CCN(C(=O)NCC(=O)N[C@@H]2S[C@H]3[C@H](OC)C(=O)N3C(C(=O)OC(c3ccccc3)c3ccccc3)=C2COC(C)=O)C(=O)C1=O. The maximum atomic E-state index is 14.5. The summed E-state index contributed by atoms with van der Waals surface area (Å²) in [6.45, 7) is 5.34. The van der Waals surface area contributed by atoms with Crippen LogP contribution in [-0.4, -0.2) is 146 Å². The first-order valence-corrected chi connectivity index (χ1v) is 27.9. The summed E-state index contributed by atoms with van der Waals surface area (Å²) in [7, 11) is 2.48. The number of benzene rings is 5. The van der Waals surface area contributed by atoms with Crippen molar-refractivity contribution in [2.75, 3.05) is 64.2 Å². The molecule has 0 bridgehead atoms. The first kappa shape index (κ1) is 61.7. The molecule has 2 saturated heterocycles. The van der Waals surface area contributed by atoms with E-state index in [9.17, 15) is 47.9 Å². The molecule has 5 aromatic rings. The van der Waals surface area contributed by atoms with Crippen molar-refractivity contribution in [3.05, 3.63) is 173 Å². The van der Waals surface area contributed by atoms with Gasteiger partial charge in [-0.1, -0.05) is 121 Å². The number of piperazine rings is 1. The Hall–Kier alpha value is -9.39. The predicted molar refractivity (Wildman–Crippen MR) is 310 cm³/mol. The van der Waals surface area contributed by atoms with E-state index in [4.69, 9.17) is 28.4 Å². The van der Waals surface area contributed by atoms with Gasteiger partial charge in [0.25, 0.3) is 5.91 Å². The highest BCUT2D eigenvalue weighted by atomic mass is 32.2. The van der Waals surface area contributed by atoms with Gasteiger partial charge < -0.3 is 39.1 Å². The third-order valence-electron chi connectivity index (χ3n) is 14.3. The van der Waals surface area contributed by atoms with Crippen molar-refractivity contribution in [1.82, 2.24) is 24.9 Å². The Morgan fingerprint density at radius 3 is 1.93 bits per heavy atom. The number of carbonyl (C=O) groups excluding carboxylic acids is 10. The molecule has 0 spiro atoms. The van der Waals surface area contributed by atoms with E-state index in [1.807, 2.05) is 0 Å². The summed E-state index contributed by atoms with van der Waals surface area (Å²) in [6, 6.07) is 37.6. The Bertz CT molecular complexity index is 3380. The van der Waals surface area contributed by atoms with Gasteiger partial charge in [0, 0.05) is 36.9 Å². The molecule has 23 nitrogen and oxygen atoms in total. The second-order valence-corrected chi connectivity index (χ2v) is 21.9. The highest BCUT2D eigenvalue weighted by molar-refractivity contribution is 8.00. The van der Waals surface area contributed by atoms with Crippen LogP contribution in [0.25, 0.3) is 0 Å². The number of imide groups is 1. The zero-order valence-electron chi connectivity index (χ0n) is 47.6. The number of hydrogen-bond acceptors (Lipinski definition) is 17. The zero-order chi connectivity index (χ0) is 61.2. The Kier molecular flexibility index (Phi) is 19.2. The standard InChI is InChI=1S/C61H63N7O16S/c1-8-68(45-31-21-20-30-44(45)64-58(77)82-36-61(56(75)80-7,40-26-16-11-17-27-40)42-28-18-19-29-43(42)63-59(78)84-60(3,4)5)33-32-66(52(72)54(68)73)57(76)62-34-46(70)65-50-41(35-81-37(2)69)47(67-51(71)49(79-6)53(67)85-50)55(74)83-48(38-22-12-9-13-23-38)39-24-14-10-15-25-39/h9-31,48-50,53H,8,32-36H2,1-7H3,(H3-,62,63,64,65,70,76,77,78)/p+1/t49-,50-,53+,61?,68?/m1/s1. The molecule has 24 heteroatoms. The summed E-state index contributed by atoms with van der Waals surface area (Å²) in [6.07, 6.45) is -3.88. The number of urea groups is 1. The van der Waals surface area contributed by atoms with E-state index in [0.29, 0.717) is 21.6 Å². The van der Waals surface area contributed by atoms with Crippen LogP contribution >= 0.6 is 11.8 Å². The number of likely N-dealkylation sites (N-methyl/N-ethyl adjacent to an activating group) is 1. The van der Waals surface area contributed by atoms with Crippen molar-refractivity contribution < 1.29 is 76.4 Å². The number of quaternary nitrogens is 1. The fourth-order valence-corrected chi connectivity index (χ4v) is 11.7. The molecule has 0 radical (unpaired) electrons. The number of nitrogens with one attached hydrogen (secondary N) is 4. The van der Waals surface area contributed by atoms with Gasteiger partial charge in [0.05, 0.1) is 26.7 Å². The number of anilines is 2. The lowest BCUT2D eigenvalue weighted by molar-refractivity contribution is -0.164. The summed E-state index contributed by atoms with van der Waals surface area (Å²) in [5.41, 5.74) is -0.877. The third kappa shape index (κ3) is 13.2. The van der Waals surface area contributed by atoms with Crippen molar-refractivity contribution >= 4 is 88.6 Å². The van der Waals surface area contributed by atoms with Crippen LogP contribution in [0.15, 0.2) is 151 Å². The van der Waals surface area contributed by atoms with E-state index < -0.39 is 118 Å². The van der Waals surface area contributed by atoms with Gasteiger partial charge in [0.1, 0.15) is 47.5 Å². The molecule has 0 saturated carbocycles. The quantitative estimate of drug-likeness (QED) is 0.0221. The van der Waals surface area contributed by atoms with Gasteiger partial charge in [-0.3, -0.25) is 39.5 Å². The first-order valence-electron chi connectivity index (χ1n) is 26.9. The Morgan fingerprint density at radius 2 is 1.33 bits per heavy atom. The number of β-lactam (4-membered cyclic amide) rings is 1. The third-order valence-corrected chi connectivity index (χ3v) is 15.7. The predicted octanol–water partition coefficient (Wildman–Crippen LogP) is 6.67. The molecule has 3 heterocycles. The summed E-state index contributed by atoms with van der Waals surface area (Å²) in [5.74, 6) is -6.24. The fraction of sp³-hybridized carbons (Fsp3) is 0.311. The van der Waals surface area contributed by atoms with Crippen molar-refractivity contribution in [2.45, 2.75) is 68.6 Å². The minimum atomic E-state index is -1.88. The minimum absolute atomic E-state index is 0.00521. The minimum Gasteiger partial charge on any atom is -0.468 e. The number of amides is 8. The Morgan fingerprint density at radius 1 is 0.741 bits per heavy atom. The van der Waals surface area contributed by atoms with E-state index in [0.717, 1.165) is 18.7 Å². The first-order chi connectivity index (χ1) is 40.7. The molecule has 85 heavy (non-hydrogen) atoms.